The molecule has 2 saturated heterocycles. The minimum Gasteiger partial charge on any atom is -0.368 e. The van der Waals surface area contributed by atoms with Gasteiger partial charge in [0.25, 0.3) is 0 Å². The minimum atomic E-state index is -0.241. The lowest BCUT2D eigenvalue weighted by Crippen LogP contribution is -2.52. The number of amides is 2. The van der Waals surface area contributed by atoms with Crippen molar-refractivity contribution >= 4 is 23.2 Å². The third kappa shape index (κ3) is 5.10. The molecule has 2 aliphatic heterocycles. The van der Waals surface area contributed by atoms with E-state index in [0.29, 0.717) is 26.1 Å². The summed E-state index contributed by atoms with van der Waals surface area (Å²) in [4.78, 5) is 33.8. The molecule has 6 nitrogen and oxygen atoms in total. The van der Waals surface area contributed by atoms with Crippen LogP contribution in [0.1, 0.15) is 19.3 Å². The molecule has 2 amide bonds. The molecule has 2 aromatic carbocycles. The lowest BCUT2D eigenvalue weighted by Gasteiger charge is -2.38. The molecule has 2 fully saturated rings. The Morgan fingerprint density at radius 1 is 0.969 bits per heavy atom. The van der Waals surface area contributed by atoms with Crippen LogP contribution in [0.2, 0.25) is 0 Å². The number of anilines is 2. The summed E-state index contributed by atoms with van der Waals surface area (Å²) in [7, 11) is 1.94. The maximum absolute atomic E-state index is 13.1. The smallest absolute Gasteiger partial charge is 0.244 e. The predicted molar refractivity (Wildman–Crippen MR) is 124 cm³/mol. The van der Waals surface area contributed by atoms with Gasteiger partial charge < -0.3 is 14.7 Å². The van der Waals surface area contributed by atoms with E-state index in [9.17, 15) is 14.0 Å². The first-order valence-corrected chi connectivity index (χ1v) is 11.4. The number of benzene rings is 2. The van der Waals surface area contributed by atoms with Crippen LogP contribution in [0.5, 0.6) is 0 Å². The number of hydrogen-bond acceptors (Lipinski definition) is 4. The van der Waals surface area contributed by atoms with E-state index in [1.54, 1.807) is 12.1 Å². The molecule has 0 aromatic heterocycles. The Hall–Kier alpha value is -2.93. The van der Waals surface area contributed by atoms with Crippen LogP contribution in [-0.4, -0.2) is 74.0 Å². The van der Waals surface area contributed by atoms with Gasteiger partial charge in [0.1, 0.15) is 5.82 Å². The number of nitrogens with zero attached hydrogens (tertiary/aromatic N) is 4. The molecule has 2 aliphatic rings. The van der Waals surface area contributed by atoms with Gasteiger partial charge in [-0.15, -0.1) is 0 Å². The van der Waals surface area contributed by atoms with E-state index in [0.717, 1.165) is 43.9 Å². The highest BCUT2D eigenvalue weighted by atomic mass is 19.1. The van der Waals surface area contributed by atoms with Gasteiger partial charge in [-0.1, -0.05) is 18.2 Å². The zero-order valence-electron chi connectivity index (χ0n) is 18.6. The summed E-state index contributed by atoms with van der Waals surface area (Å²) in [5, 5.41) is 0. The molecule has 170 valence electrons. The first-order valence-electron chi connectivity index (χ1n) is 11.4. The third-order valence-corrected chi connectivity index (χ3v) is 6.51. The van der Waals surface area contributed by atoms with Gasteiger partial charge in [-0.25, -0.2) is 4.39 Å². The van der Waals surface area contributed by atoms with Crippen molar-refractivity contribution in [3.05, 3.63) is 60.4 Å². The molecule has 0 spiro atoms. The van der Waals surface area contributed by atoms with Crippen molar-refractivity contribution in [2.45, 2.75) is 25.3 Å². The van der Waals surface area contributed by atoms with Gasteiger partial charge in [-0.2, -0.15) is 0 Å². The minimum absolute atomic E-state index is 0.116. The van der Waals surface area contributed by atoms with Crippen LogP contribution in [0.3, 0.4) is 0 Å². The first-order chi connectivity index (χ1) is 15.5. The first kappa shape index (κ1) is 22.3. The number of piperidine rings is 1. The molecule has 0 radical (unpaired) electrons. The molecule has 1 unspecified atom stereocenters. The zero-order chi connectivity index (χ0) is 22.5. The largest absolute Gasteiger partial charge is 0.368 e. The third-order valence-electron chi connectivity index (χ3n) is 6.51. The molecule has 4 rings (SSSR count). The van der Waals surface area contributed by atoms with Crippen molar-refractivity contribution in [3.8, 4) is 0 Å². The summed E-state index contributed by atoms with van der Waals surface area (Å²) in [5.74, 6) is -0.000823. The Labute approximate surface area is 189 Å². The van der Waals surface area contributed by atoms with Gasteiger partial charge in [0.2, 0.25) is 11.8 Å². The van der Waals surface area contributed by atoms with Crippen LogP contribution in [0.25, 0.3) is 0 Å². The topological polar surface area (TPSA) is 47.1 Å². The zero-order valence-corrected chi connectivity index (χ0v) is 18.6. The van der Waals surface area contributed by atoms with E-state index in [4.69, 9.17) is 0 Å². The van der Waals surface area contributed by atoms with Gasteiger partial charge in [-0.05, 0) is 56.3 Å². The fourth-order valence-corrected chi connectivity index (χ4v) is 4.58. The predicted octanol–water partition coefficient (Wildman–Crippen LogP) is 2.99. The highest BCUT2D eigenvalue weighted by molar-refractivity contribution is 5.97. The van der Waals surface area contributed by atoms with E-state index >= 15 is 0 Å². The molecule has 2 aromatic rings. The average molecular weight is 439 g/mol. The second-order valence-electron chi connectivity index (χ2n) is 8.56. The number of carbonyl (C=O) groups is 2. The number of para-hydroxylation sites is 1. The summed E-state index contributed by atoms with van der Waals surface area (Å²) in [6.45, 7) is 4.09. The van der Waals surface area contributed by atoms with E-state index in [2.05, 4.69) is 4.90 Å². The summed E-state index contributed by atoms with van der Waals surface area (Å²) >= 11 is 0. The summed E-state index contributed by atoms with van der Waals surface area (Å²) in [5.41, 5.74) is 1.92. The SMILES string of the molecule is CN(CCC(=O)N1CCN(c2ccc(F)cc2)CC1)C1CCCN(c2ccccc2)C1=O. The van der Waals surface area contributed by atoms with Crippen LogP contribution in [0.4, 0.5) is 15.8 Å². The molecular formula is C25H31FN4O2. The number of halogens is 1. The Bertz CT molecular complexity index is 913. The van der Waals surface area contributed by atoms with Gasteiger partial charge in [0.15, 0.2) is 0 Å². The number of piperazine rings is 1. The fraction of sp³-hybridized carbons (Fsp3) is 0.440. The number of hydrogen-bond donors (Lipinski definition) is 0. The highest BCUT2D eigenvalue weighted by Crippen LogP contribution is 2.23. The van der Waals surface area contributed by atoms with Gasteiger partial charge in [0.05, 0.1) is 6.04 Å². The van der Waals surface area contributed by atoms with Crippen LogP contribution in [0, 0.1) is 5.82 Å². The van der Waals surface area contributed by atoms with Crippen molar-refractivity contribution < 1.29 is 14.0 Å². The summed E-state index contributed by atoms with van der Waals surface area (Å²) in [6.07, 6.45) is 2.18. The van der Waals surface area contributed by atoms with E-state index < -0.39 is 0 Å². The van der Waals surface area contributed by atoms with Crippen molar-refractivity contribution in [1.82, 2.24) is 9.80 Å². The monoisotopic (exact) mass is 438 g/mol. The lowest BCUT2D eigenvalue weighted by molar-refractivity contribution is -0.133. The Morgan fingerprint density at radius 3 is 2.34 bits per heavy atom. The average Bonchev–Trinajstić information content (AvgIpc) is 2.83. The second-order valence-corrected chi connectivity index (χ2v) is 8.56. The molecule has 32 heavy (non-hydrogen) atoms. The molecule has 0 aliphatic carbocycles. The van der Waals surface area contributed by atoms with Crippen LogP contribution >= 0.6 is 0 Å². The number of rotatable bonds is 6. The summed E-state index contributed by atoms with van der Waals surface area (Å²) < 4.78 is 13.1. The Kier molecular flexibility index (Phi) is 7.05. The van der Waals surface area contributed by atoms with Gasteiger partial charge in [-0.3, -0.25) is 14.5 Å². The molecule has 0 N–H and O–H groups in total. The van der Waals surface area contributed by atoms with Crippen LogP contribution in [-0.2, 0) is 9.59 Å². The maximum atomic E-state index is 13.1. The molecule has 2 heterocycles. The Balaban J connectivity index is 1.26. The van der Waals surface area contributed by atoms with Crippen LogP contribution in [0.15, 0.2) is 54.6 Å². The molecule has 1 atom stereocenters. The number of carbonyl (C=O) groups excluding carboxylic acids is 2. The van der Waals surface area contributed by atoms with Crippen molar-refractivity contribution in [2.24, 2.45) is 0 Å². The Morgan fingerprint density at radius 2 is 1.66 bits per heavy atom. The molecule has 7 heteroatoms. The van der Waals surface area contributed by atoms with E-state index in [1.807, 2.05) is 52.1 Å². The van der Waals surface area contributed by atoms with E-state index in [-0.39, 0.29) is 23.7 Å². The molecule has 0 bridgehead atoms. The lowest BCUT2D eigenvalue weighted by atomic mass is 10.0. The quantitative estimate of drug-likeness (QED) is 0.696. The normalized spacial score (nSPS) is 19.5. The standard InChI is InChI=1S/C25H31FN4O2/c1-27(23-8-5-14-30(25(23)32)22-6-3-2-4-7-22)15-13-24(31)29-18-16-28(17-19-29)21-11-9-20(26)10-12-21/h2-4,6-7,9-12,23H,5,8,13-19H2,1H3. The van der Waals surface area contributed by atoms with Gasteiger partial charge in [0, 0.05) is 57.1 Å². The second kappa shape index (κ2) is 10.1. The molecule has 0 saturated carbocycles. The molecular weight excluding hydrogens is 407 g/mol. The van der Waals surface area contributed by atoms with Crippen molar-refractivity contribution in [3.63, 3.8) is 0 Å². The number of likely N-dealkylation sites (N-methyl/N-ethyl adjacent to an activating group) is 1. The maximum Gasteiger partial charge on any atom is 0.244 e. The summed E-state index contributed by atoms with van der Waals surface area (Å²) in [6, 6.07) is 16.1. The van der Waals surface area contributed by atoms with Crippen LogP contribution < -0.4 is 9.80 Å². The fourth-order valence-electron chi connectivity index (χ4n) is 4.58. The van der Waals surface area contributed by atoms with Crippen molar-refractivity contribution in [2.75, 3.05) is 56.1 Å². The van der Waals surface area contributed by atoms with Crippen molar-refractivity contribution in [1.29, 1.82) is 0 Å². The highest BCUT2D eigenvalue weighted by Gasteiger charge is 2.32. The van der Waals surface area contributed by atoms with E-state index in [1.165, 1.54) is 12.1 Å². The van der Waals surface area contributed by atoms with Gasteiger partial charge >= 0.3 is 0 Å².